The third-order valence-electron chi connectivity index (χ3n) is 4.31. The predicted molar refractivity (Wildman–Crippen MR) is 100 cm³/mol. The fourth-order valence-electron chi connectivity index (χ4n) is 2.81. The Bertz CT molecular complexity index is 973. The lowest BCUT2D eigenvalue weighted by molar-refractivity contribution is -0.0329. The molecular formula is C18H18F4N4O2S. The van der Waals surface area contributed by atoms with Crippen LogP contribution in [0.1, 0.15) is 34.9 Å². The van der Waals surface area contributed by atoms with Crippen LogP contribution in [0.25, 0.3) is 0 Å². The second kappa shape index (κ2) is 8.05. The molecule has 156 valence electrons. The highest BCUT2D eigenvalue weighted by molar-refractivity contribution is 8.00. The van der Waals surface area contributed by atoms with Gasteiger partial charge in [0.2, 0.25) is 5.95 Å². The molecule has 1 amide bonds. The minimum Gasteiger partial charge on any atom is -0.348 e. The molecule has 0 bridgehead atoms. The zero-order valence-corrected chi connectivity index (χ0v) is 16.3. The molecule has 1 aromatic heterocycles. The number of nitrogens with zero attached hydrogens (tertiary/aromatic N) is 2. The van der Waals surface area contributed by atoms with E-state index in [0.29, 0.717) is 5.56 Å². The molecular weight excluding hydrogens is 412 g/mol. The SMILES string of the molecule is CN(C)c1nc(C(=O)N[C@@H](c2ccc(SC(F)(F)F)c(F)c2)C2CC2)cc(=O)[nH]1. The molecule has 0 unspecified atom stereocenters. The van der Waals surface area contributed by atoms with Gasteiger partial charge in [-0.2, -0.15) is 13.2 Å². The number of rotatable bonds is 6. The molecule has 3 rings (SSSR count). The molecule has 2 aromatic rings. The number of aromatic amines is 1. The molecule has 6 nitrogen and oxygen atoms in total. The molecule has 11 heteroatoms. The van der Waals surface area contributed by atoms with Gasteiger partial charge in [-0.15, -0.1) is 0 Å². The molecule has 2 N–H and O–H groups in total. The molecule has 1 heterocycles. The second-order valence-corrected chi connectivity index (χ2v) is 7.98. The summed E-state index contributed by atoms with van der Waals surface area (Å²) in [5.41, 5.74) is -4.84. The standard InChI is InChI=1S/C18H18F4N4O2S/c1-26(2)17-23-12(8-14(27)24-17)16(28)25-15(9-3-4-9)10-5-6-13(11(19)7-10)29-18(20,21)22/h5-9,15H,3-4H2,1-2H3,(H,25,28)(H,23,24,27)/t15-/m1/s1. The Hall–Kier alpha value is -2.56. The van der Waals surface area contributed by atoms with Crippen LogP contribution in [0.2, 0.25) is 0 Å². The Morgan fingerprint density at radius 3 is 2.55 bits per heavy atom. The van der Waals surface area contributed by atoms with Crippen LogP contribution < -0.4 is 15.8 Å². The van der Waals surface area contributed by atoms with Gasteiger partial charge in [-0.1, -0.05) is 6.07 Å². The van der Waals surface area contributed by atoms with Crippen molar-refractivity contribution in [2.45, 2.75) is 29.3 Å². The summed E-state index contributed by atoms with van der Waals surface area (Å²) in [5.74, 6) is -1.39. The number of halogens is 4. The topological polar surface area (TPSA) is 78.1 Å². The fourth-order valence-corrected chi connectivity index (χ4v) is 3.35. The smallest absolute Gasteiger partial charge is 0.348 e. The minimum atomic E-state index is -4.59. The average molecular weight is 430 g/mol. The van der Waals surface area contributed by atoms with Gasteiger partial charge in [0.15, 0.2) is 0 Å². The summed E-state index contributed by atoms with van der Waals surface area (Å²) >= 11 is -0.527. The molecule has 1 aliphatic rings. The third kappa shape index (κ3) is 5.49. The van der Waals surface area contributed by atoms with Crippen LogP contribution in [0.3, 0.4) is 0 Å². The largest absolute Gasteiger partial charge is 0.446 e. The van der Waals surface area contributed by atoms with Crippen molar-refractivity contribution in [3.8, 4) is 0 Å². The van der Waals surface area contributed by atoms with E-state index < -0.39 is 45.5 Å². The molecule has 1 aliphatic carbocycles. The molecule has 1 fully saturated rings. The first-order chi connectivity index (χ1) is 13.5. The summed E-state index contributed by atoms with van der Waals surface area (Å²) in [4.78, 5) is 32.0. The lowest BCUT2D eigenvalue weighted by atomic mass is 10.0. The van der Waals surface area contributed by atoms with Crippen molar-refractivity contribution in [1.82, 2.24) is 15.3 Å². The number of aromatic nitrogens is 2. The van der Waals surface area contributed by atoms with Crippen molar-refractivity contribution in [1.29, 1.82) is 0 Å². The number of hydrogen-bond donors (Lipinski definition) is 2. The predicted octanol–water partition coefficient (Wildman–Crippen LogP) is 3.47. The fraction of sp³-hybridized carbons (Fsp3) is 0.389. The zero-order chi connectivity index (χ0) is 21.3. The number of alkyl halides is 3. The Morgan fingerprint density at radius 1 is 1.31 bits per heavy atom. The van der Waals surface area contributed by atoms with Crippen molar-refractivity contribution < 1.29 is 22.4 Å². The van der Waals surface area contributed by atoms with Crippen molar-refractivity contribution >= 4 is 23.6 Å². The van der Waals surface area contributed by atoms with Gasteiger partial charge >= 0.3 is 5.51 Å². The highest BCUT2D eigenvalue weighted by Gasteiger charge is 2.35. The van der Waals surface area contributed by atoms with E-state index in [1.807, 2.05) is 0 Å². The van der Waals surface area contributed by atoms with Gasteiger partial charge in [0.1, 0.15) is 11.5 Å². The van der Waals surface area contributed by atoms with E-state index >= 15 is 0 Å². The van der Waals surface area contributed by atoms with Crippen LogP contribution in [0.4, 0.5) is 23.5 Å². The minimum absolute atomic E-state index is 0.0368. The number of H-pyrrole nitrogens is 1. The number of hydrogen-bond acceptors (Lipinski definition) is 5. The Kier molecular flexibility index (Phi) is 5.87. The number of amides is 1. The first-order valence-electron chi connectivity index (χ1n) is 8.68. The van der Waals surface area contributed by atoms with E-state index in [4.69, 9.17) is 0 Å². The number of anilines is 1. The normalized spacial score (nSPS) is 15.1. The number of carbonyl (C=O) groups is 1. The Labute approximate surface area is 167 Å². The molecule has 0 radical (unpaired) electrons. The summed E-state index contributed by atoms with van der Waals surface area (Å²) in [6.07, 6.45) is 1.58. The number of carbonyl (C=O) groups excluding carboxylic acids is 1. The van der Waals surface area contributed by atoms with E-state index in [9.17, 15) is 27.2 Å². The summed E-state index contributed by atoms with van der Waals surface area (Å²) in [6, 6.07) is 3.89. The highest BCUT2D eigenvalue weighted by atomic mass is 32.2. The van der Waals surface area contributed by atoms with E-state index in [-0.39, 0.29) is 17.6 Å². The molecule has 0 saturated heterocycles. The Balaban J connectivity index is 1.84. The lowest BCUT2D eigenvalue weighted by Crippen LogP contribution is -2.32. The van der Waals surface area contributed by atoms with Gasteiger partial charge in [0.05, 0.1) is 10.9 Å². The van der Waals surface area contributed by atoms with Crippen LogP contribution in [-0.4, -0.2) is 35.5 Å². The molecule has 0 aliphatic heterocycles. The molecule has 0 spiro atoms. The van der Waals surface area contributed by atoms with Crippen LogP contribution in [0.15, 0.2) is 34.0 Å². The van der Waals surface area contributed by atoms with E-state index in [1.54, 1.807) is 14.1 Å². The van der Waals surface area contributed by atoms with Gasteiger partial charge in [0.25, 0.3) is 11.5 Å². The summed E-state index contributed by atoms with van der Waals surface area (Å²) < 4.78 is 51.7. The van der Waals surface area contributed by atoms with E-state index in [2.05, 4.69) is 15.3 Å². The lowest BCUT2D eigenvalue weighted by Gasteiger charge is -2.20. The zero-order valence-electron chi connectivity index (χ0n) is 15.5. The van der Waals surface area contributed by atoms with Crippen molar-refractivity contribution in [3.05, 3.63) is 51.7 Å². The third-order valence-corrected chi connectivity index (χ3v) is 5.09. The summed E-state index contributed by atoms with van der Waals surface area (Å²) in [6.45, 7) is 0. The Morgan fingerprint density at radius 2 is 2.00 bits per heavy atom. The van der Waals surface area contributed by atoms with Crippen molar-refractivity contribution in [3.63, 3.8) is 0 Å². The number of benzene rings is 1. The van der Waals surface area contributed by atoms with Crippen molar-refractivity contribution in [2.75, 3.05) is 19.0 Å². The highest BCUT2D eigenvalue weighted by Crippen LogP contribution is 2.43. The van der Waals surface area contributed by atoms with Gasteiger partial charge in [-0.25, -0.2) is 9.37 Å². The van der Waals surface area contributed by atoms with Crippen LogP contribution in [0, 0.1) is 11.7 Å². The number of nitrogens with one attached hydrogen (secondary N) is 2. The van der Waals surface area contributed by atoms with Crippen LogP contribution >= 0.6 is 11.8 Å². The van der Waals surface area contributed by atoms with Crippen LogP contribution in [0.5, 0.6) is 0 Å². The summed E-state index contributed by atoms with van der Waals surface area (Å²) in [7, 11) is 3.30. The van der Waals surface area contributed by atoms with E-state index in [1.165, 1.54) is 11.0 Å². The van der Waals surface area contributed by atoms with Crippen LogP contribution in [-0.2, 0) is 0 Å². The van der Waals surface area contributed by atoms with E-state index in [0.717, 1.165) is 31.0 Å². The first-order valence-corrected chi connectivity index (χ1v) is 9.50. The number of thioether (sulfide) groups is 1. The monoisotopic (exact) mass is 430 g/mol. The first kappa shape index (κ1) is 21.2. The maximum atomic E-state index is 14.2. The van der Waals surface area contributed by atoms with Gasteiger partial charge in [-0.05, 0) is 48.2 Å². The maximum Gasteiger partial charge on any atom is 0.446 e. The molecule has 29 heavy (non-hydrogen) atoms. The molecule has 1 atom stereocenters. The van der Waals surface area contributed by atoms with Gasteiger partial charge < -0.3 is 10.2 Å². The second-order valence-electron chi connectivity index (χ2n) is 6.87. The van der Waals surface area contributed by atoms with Gasteiger partial charge in [-0.3, -0.25) is 14.6 Å². The molecule has 1 saturated carbocycles. The van der Waals surface area contributed by atoms with Gasteiger partial charge in [0, 0.05) is 20.2 Å². The summed E-state index contributed by atoms with van der Waals surface area (Å²) in [5, 5.41) is 2.73. The maximum absolute atomic E-state index is 14.2. The quantitative estimate of drug-likeness (QED) is 0.542. The molecule has 1 aromatic carbocycles. The van der Waals surface area contributed by atoms with Crippen molar-refractivity contribution in [2.24, 2.45) is 5.92 Å². The average Bonchev–Trinajstić information content (AvgIpc) is 3.44.